The Labute approximate surface area is 183 Å². The number of nitrogens with zero attached hydrogens (tertiary/aromatic N) is 4. The van der Waals surface area contributed by atoms with E-state index in [-0.39, 0.29) is 5.91 Å². The van der Waals surface area contributed by atoms with Crippen molar-refractivity contribution in [1.82, 2.24) is 19.9 Å². The zero-order chi connectivity index (χ0) is 21.2. The summed E-state index contributed by atoms with van der Waals surface area (Å²) in [5, 5.41) is 8.08. The minimum absolute atomic E-state index is 0.112. The van der Waals surface area contributed by atoms with Crippen LogP contribution < -0.4 is 10.6 Å². The number of hydrogen-bond donors (Lipinski definition) is 2. The van der Waals surface area contributed by atoms with Crippen LogP contribution in [0.1, 0.15) is 11.9 Å². The fourth-order valence-corrected chi connectivity index (χ4v) is 4.71. The lowest BCUT2D eigenvalue weighted by atomic mass is 10.2. The molecule has 2 N–H and O–H groups in total. The Bertz CT molecular complexity index is 1250. The second-order valence-corrected chi connectivity index (χ2v) is 8.51. The number of anilines is 3. The van der Waals surface area contributed by atoms with Crippen molar-refractivity contribution in [3.8, 4) is 0 Å². The van der Waals surface area contributed by atoms with Gasteiger partial charge in [0, 0.05) is 43.0 Å². The highest BCUT2D eigenvalue weighted by molar-refractivity contribution is 7.19. The Morgan fingerprint density at radius 1 is 1.16 bits per heavy atom. The molecule has 1 saturated heterocycles. The van der Waals surface area contributed by atoms with Gasteiger partial charge in [0.25, 0.3) is 0 Å². The lowest BCUT2D eigenvalue weighted by Crippen LogP contribution is -2.35. The Morgan fingerprint density at radius 3 is 2.84 bits per heavy atom. The first kappa shape index (κ1) is 19.8. The summed E-state index contributed by atoms with van der Waals surface area (Å²) in [6.45, 7) is 5.74. The quantitative estimate of drug-likeness (QED) is 0.494. The second-order valence-electron chi connectivity index (χ2n) is 7.43. The number of fused-ring (bicyclic) bond motifs is 3. The van der Waals surface area contributed by atoms with Crippen LogP contribution in [0.3, 0.4) is 0 Å². The van der Waals surface area contributed by atoms with Crippen LogP contribution in [0.25, 0.3) is 21.1 Å². The predicted molar refractivity (Wildman–Crippen MR) is 123 cm³/mol. The summed E-state index contributed by atoms with van der Waals surface area (Å²) < 4.78 is 6.51. The van der Waals surface area contributed by atoms with Crippen molar-refractivity contribution in [3.63, 3.8) is 0 Å². The van der Waals surface area contributed by atoms with E-state index in [1.54, 1.807) is 11.3 Å². The predicted octanol–water partition coefficient (Wildman–Crippen LogP) is 3.77. The van der Waals surface area contributed by atoms with Crippen LogP contribution in [0.2, 0.25) is 0 Å². The molecule has 0 radical (unpaired) electrons. The molecule has 9 heteroatoms. The SMILES string of the molecule is CC(=O)Nc1cccc(Nc2ncc3ccc4nc(CN5CCOCC5)sc4c3n2)c1. The van der Waals surface area contributed by atoms with E-state index in [2.05, 4.69) is 20.5 Å². The van der Waals surface area contributed by atoms with Gasteiger partial charge in [0.05, 0.1) is 35.5 Å². The molecular formula is C22H22N6O2S. The Balaban J connectivity index is 1.44. The standard InChI is InChI=1S/C22H22N6O2S/c1-14(29)24-16-3-2-4-17(11-16)25-22-23-12-15-5-6-18-21(20(15)27-22)31-19(26-18)13-28-7-9-30-10-8-28/h2-6,11-12H,7-10,13H2,1H3,(H,24,29)(H,23,25,27). The van der Waals surface area contributed by atoms with Crippen LogP contribution in [0.4, 0.5) is 17.3 Å². The molecule has 1 aliphatic rings. The molecular weight excluding hydrogens is 412 g/mol. The molecule has 4 aromatic rings. The molecule has 0 aliphatic carbocycles. The summed E-state index contributed by atoms with van der Waals surface area (Å²) in [5.41, 5.74) is 3.36. The number of ether oxygens (including phenoxy) is 1. The van der Waals surface area contributed by atoms with E-state index in [0.29, 0.717) is 5.95 Å². The first-order chi connectivity index (χ1) is 15.1. The molecule has 2 aromatic heterocycles. The van der Waals surface area contributed by atoms with Crippen molar-refractivity contribution >= 4 is 55.7 Å². The van der Waals surface area contributed by atoms with E-state index in [1.165, 1.54) is 6.92 Å². The highest BCUT2D eigenvalue weighted by Crippen LogP contribution is 2.30. The van der Waals surface area contributed by atoms with E-state index in [1.807, 2.05) is 42.6 Å². The van der Waals surface area contributed by atoms with Gasteiger partial charge in [0.1, 0.15) is 5.01 Å². The van der Waals surface area contributed by atoms with Crippen LogP contribution in [0.5, 0.6) is 0 Å². The van der Waals surface area contributed by atoms with Crippen LogP contribution >= 0.6 is 11.3 Å². The number of aromatic nitrogens is 3. The largest absolute Gasteiger partial charge is 0.379 e. The van der Waals surface area contributed by atoms with Crippen LogP contribution in [-0.4, -0.2) is 52.1 Å². The van der Waals surface area contributed by atoms with Crippen LogP contribution in [0, 0.1) is 0 Å². The van der Waals surface area contributed by atoms with E-state index in [0.717, 1.165) is 70.3 Å². The molecule has 2 aromatic carbocycles. The fourth-order valence-electron chi connectivity index (χ4n) is 3.61. The van der Waals surface area contributed by atoms with Gasteiger partial charge in [-0.1, -0.05) is 6.07 Å². The number of rotatable bonds is 5. The van der Waals surface area contributed by atoms with Crippen molar-refractivity contribution in [1.29, 1.82) is 0 Å². The van der Waals surface area contributed by atoms with E-state index in [4.69, 9.17) is 14.7 Å². The average Bonchev–Trinajstić information content (AvgIpc) is 3.17. The number of morpholine rings is 1. The van der Waals surface area contributed by atoms with Gasteiger partial charge >= 0.3 is 0 Å². The third-order valence-corrected chi connectivity index (χ3v) is 6.11. The number of carbonyl (C=O) groups excluding carboxylic acids is 1. The van der Waals surface area contributed by atoms with Gasteiger partial charge in [-0.3, -0.25) is 9.69 Å². The molecule has 3 heterocycles. The van der Waals surface area contributed by atoms with Gasteiger partial charge in [-0.05, 0) is 30.3 Å². The highest BCUT2D eigenvalue weighted by Gasteiger charge is 2.15. The summed E-state index contributed by atoms with van der Waals surface area (Å²) in [7, 11) is 0. The van der Waals surface area contributed by atoms with Crippen LogP contribution in [0.15, 0.2) is 42.6 Å². The molecule has 0 spiro atoms. The zero-order valence-corrected chi connectivity index (χ0v) is 17.9. The Morgan fingerprint density at radius 2 is 2.00 bits per heavy atom. The Hall–Kier alpha value is -3.14. The third kappa shape index (κ3) is 4.48. The van der Waals surface area contributed by atoms with Crippen molar-refractivity contribution in [2.75, 3.05) is 36.9 Å². The van der Waals surface area contributed by atoms with Crippen molar-refractivity contribution in [3.05, 3.63) is 47.6 Å². The molecule has 1 aliphatic heterocycles. The number of nitrogens with one attached hydrogen (secondary N) is 2. The van der Waals surface area contributed by atoms with Crippen molar-refractivity contribution in [2.24, 2.45) is 0 Å². The van der Waals surface area contributed by atoms with Gasteiger partial charge in [0.15, 0.2) is 0 Å². The molecule has 0 unspecified atom stereocenters. The van der Waals surface area contributed by atoms with Gasteiger partial charge in [-0.2, -0.15) is 0 Å². The minimum Gasteiger partial charge on any atom is -0.379 e. The number of carbonyl (C=O) groups is 1. The molecule has 31 heavy (non-hydrogen) atoms. The van der Waals surface area contributed by atoms with E-state index in [9.17, 15) is 4.79 Å². The van der Waals surface area contributed by atoms with Crippen molar-refractivity contribution < 1.29 is 9.53 Å². The topological polar surface area (TPSA) is 92.3 Å². The monoisotopic (exact) mass is 434 g/mol. The third-order valence-electron chi connectivity index (χ3n) is 5.05. The summed E-state index contributed by atoms with van der Waals surface area (Å²) in [6.07, 6.45) is 1.82. The summed E-state index contributed by atoms with van der Waals surface area (Å²) in [5.74, 6) is 0.391. The van der Waals surface area contributed by atoms with Gasteiger partial charge in [0.2, 0.25) is 11.9 Å². The summed E-state index contributed by atoms with van der Waals surface area (Å²) in [4.78, 5) is 27.7. The van der Waals surface area contributed by atoms with Crippen LogP contribution in [-0.2, 0) is 16.1 Å². The first-order valence-corrected chi connectivity index (χ1v) is 11.0. The molecule has 1 fully saturated rings. The Kier molecular flexibility index (Phi) is 5.46. The zero-order valence-electron chi connectivity index (χ0n) is 17.1. The minimum atomic E-state index is -0.112. The molecule has 8 nitrogen and oxygen atoms in total. The average molecular weight is 435 g/mol. The van der Waals surface area contributed by atoms with Gasteiger partial charge in [-0.15, -0.1) is 11.3 Å². The molecule has 0 bridgehead atoms. The maximum Gasteiger partial charge on any atom is 0.227 e. The molecule has 1 amide bonds. The normalized spacial score (nSPS) is 14.7. The number of benzene rings is 2. The molecule has 5 rings (SSSR count). The lowest BCUT2D eigenvalue weighted by Gasteiger charge is -2.25. The number of amides is 1. The second kappa shape index (κ2) is 8.54. The molecule has 0 saturated carbocycles. The van der Waals surface area contributed by atoms with E-state index < -0.39 is 0 Å². The molecule has 0 atom stereocenters. The lowest BCUT2D eigenvalue weighted by molar-refractivity contribution is -0.114. The first-order valence-electron chi connectivity index (χ1n) is 10.1. The maximum atomic E-state index is 11.3. The van der Waals surface area contributed by atoms with Gasteiger partial charge < -0.3 is 15.4 Å². The summed E-state index contributed by atoms with van der Waals surface area (Å²) in [6, 6.07) is 11.5. The van der Waals surface area contributed by atoms with Gasteiger partial charge in [-0.25, -0.2) is 15.0 Å². The number of hydrogen-bond acceptors (Lipinski definition) is 8. The van der Waals surface area contributed by atoms with E-state index >= 15 is 0 Å². The smallest absolute Gasteiger partial charge is 0.227 e. The van der Waals surface area contributed by atoms with Crippen molar-refractivity contribution in [2.45, 2.75) is 13.5 Å². The fraction of sp³-hybridized carbons (Fsp3) is 0.273. The summed E-state index contributed by atoms with van der Waals surface area (Å²) >= 11 is 1.69. The maximum absolute atomic E-state index is 11.3. The molecule has 158 valence electrons. The number of thiazole rings is 1. The highest BCUT2D eigenvalue weighted by atomic mass is 32.1.